The maximum atomic E-state index is 14.1. The number of halogens is 4. The number of sulfonamides is 1. The number of hydrogen-bond donors (Lipinski definition) is 1. The van der Waals surface area contributed by atoms with Crippen molar-refractivity contribution in [3.05, 3.63) is 47.0 Å². The second-order valence-corrected chi connectivity index (χ2v) is 7.22. The van der Waals surface area contributed by atoms with Gasteiger partial charge in [-0.3, -0.25) is 4.72 Å². The summed E-state index contributed by atoms with van der Waals surface area (Å²) in [6.45, 7) is 1.26. The molecule has 0 fully saturated rings. The number of aromatic nitrogens is 4. The van der Waals surface area contributed by atoms with Crippen LogP contribution in [-0.4, -0.2) is 41.1 Å². The molecule has 0 saturated heterocycles. The zero-order valence-corrected chi connectivity index (χ0v) is 15.5. The predicted molar refractivity (Wildman–Crippen MR) is 89.1 cm³/mol. The molecule has 3 rings (SSSR count). The lowest BCUT2D eigenvalue weighted by Gasteiger charge is -2.10. The van der Waals surface area contributed by atoms with Gasteiger partial charge in [0.2, 0.25) is 0 Å². The number of hydrogen-bond acceptors (Lipinski definition) is 7. The molecule has 0 spiro atoms. The molecule has 14 heteroatoms. The van der Waals surface area contributed by atoms with Gasteiger partial charge in [-0.1, -0.05) is 6.07 Å². The first kappa shape index (κ1) is 20.4. The van der Waals surface area contributed by atoms with Crippen LogP contribution in [0.5, 0.6) is 0 Å². The molecule has 3 aromatic rings. The van der Waals surface area contributed by atoms with Crippen LogP contribution in [0, 0.1) is 12.7 Å². The van der Waals surface area contributed by atoms with E-state index in [1.54, 1.807) is 4.72 Å². The van der Waals surface area contributed by atoms with E-state index in [0.717, 1.165) is 25.3 Å². The van der Waals surface area contributed by atoms with Crippen LogP contribution in [-0.2, 0) is 20.9 Å². The Hall–Kier alpha value is -3.29. The van der Waals surface area contributed by atoms with Gasteiger partial charge in [-0.25, -0.2) is 14.2 Å². The van der Waals surface area contributed by atoms with E-state index in [9.17, 15) is 30.8 Å². The lowest BCUT2D eigenvalue weighted by molar-refractivity contribution is -0.142. The van der Waals surface area contributed by atoms with Gasteiger partial charge in [0.15, 0.2) is 5.69 Å². The van der Waals surface area contributed by atoms with Crippen molar-refractivity contribution in [2.45, 2.75) is 18.3 Å². The third kappa shape index (κ3) is 3.83. The van der Waals surface area contributed by atoms with Crippen LogP contribution in [0.2, 0.25) is 0 Å². The van der Waals surface area contributed by atoms with Gasteiger partial charge in [-0.05, 0) is 25.1 Å². The molecule has 0 unspecified atom stereocenters. The number of anilines is 1. The van der Waals surface area contributed by atoms with Crippen LogP contribution in [0.3, 0.4) is 0 Å². The summed E-state index contributed by atoms with van der Waals surface area (Å²) in [6, 6.07) is 3.77. The van der Waals surface area contributed by atoms with Crippen molar-refractivity contribution < 1.29 is 35.5 Å². The standard InChI is InChI=1S/C15H11F4N5O4S/c1-7-6-10(15(17,18)19)24-13(20-7)21-14(22-24)29(26,27)23-11-8(12(25)28-2)4-3-5-9(11)16/h3-6,23H,1-2H3. The molecule has 0 saturated carbocycles. The number of carbonyl (C=O) groups excluding carboxylic acids is 1. The first-order chi connectivity index (χ1) is 13.4. The number of para-hydroxylation sites is 1. The molecule has 29 heavy (non-hydrogen) atoms. The molecule has 2 heterocycles. The molecule has 1 N–H and O–H groups in total. The van der Waals surface area contributed by atoms with Crippen molar-refractivity contribution in [1.29, 1.82) is 0 Å². The Labute approximate surface area is 160 Å². The van der Waals surface area contributed by atoms with Gasteiger partial charge in [0.25, 0.3) is 21.0 Å². The van der Waals surface area contributed by atoms with Crippen LogP contribution >= 0.6 is 0 Å². The lowest BCUT2D eigenvalue weighted by atomic mass is 10.2. The van der Waals surface area contributed by atoms with Crippen LogP contribution in [0.4, 0.5) is 23.2 Å². The molecule has 0 aliphatic heterocycles. The van der Waals surface area contributed by atoms with E-state index in [1.807, 2.05) is 0 Å². The fourth-order valence-electron chi connectivity index (χ4n) is 2.37. The Morgan fingerprint density at radius 1 is 1.24 bits per heavy atom. The van der Waals surface area contributed by atoms with Crippen LogP contribution in [0.25, 0.3) is 5.78 Å². The van der Waals surface area contributed by atoms with E-state index >= 15 is 0 Å². The Morgan fingerprint density at radius 2 is 1.93 bits per heavy atom. The summed E-state index contributed by atoms with van der Waals surface area (Å²) >= 11 is 0. The molecule has 0 amide bonds. The quantitative estimate of drug-likeness (QED) is 0.495. The van der Waals surface area contributed by atoms with Gasteiger partial charge >= 0.3 is 12.1 Å². The minimum Gasteiger partial charge on any atom is -0.465 e. The van der Waals surface area contributed by atoms with Crippen molar-refractivity contribution in [3.63, 3.8) is 0 Å². The minimum absolute atomic E-state index is 0.0730. The van der Waals surface area contributed by atoms with E-state index in [1.165, 1.54) is 6.92 Å². The Balaban J connectivity index is 2.13. The van der Waals surface area contributed by atoms with E-state index in [2.05, 4.69) is 19.8 Å². The van der Waals surface area contributed by atoms with Gasteiger partial charge < -0.3 is 4.74 Å². The topological polar surface area (TPSA) is 116 Å². The molecule has 0 bridgehead atoms. The molecule has 2 aromatic heterocycles. The molecule has 154 valence electrons. The predicted octanol–water partition coefficient (Wildman–Crippen LogP) is 2.18. The first-order valence-electron chi connectivity index (χ1n) is 7.65. The minimum atomic E-state index is -4.86. The zero-order valence-electron chi connectivity index (χ0n) is 14.7. The summed E-state index contributed by atoms with van der Waals surface area (Å²) in [4.78, 5) is 19.0. The number of alkyl halides is 3. The van der Waals surface area contributed by atoms with Gasteiger partial charge in [0, 0.05) is 5.69 Å². The van der Waals surface area contributed by atoms with Gasteiger partial charge in [-0.15, -0.1) is 5.10 Å². The fourth-order valence-corrected chi connectivity index (χ4v) is 3.33. The third-order valence-corrected chi connectivity index (χ3v) is 4.73. The second kappa shape index (κ2) is 6.95. The van der Waals surface area contributed by atoms with Crippen molar-refractivity contribution in [1.82, 2.24) is 19.6 Å². The number of fused-ring (bicyclic) bond motifs is 1. The Bertz CT molecular complexity index is 1220. The summed E-state index contributed by atoms with van der Waals surface area (Å²) in [6.07, 6.45) is -4.86. The highest BCUT2D eigenvalue weighted by molar-refractivity contribution is 7.92. The highest BCUT2D eigenvalue weighted by Crippen LogP contribution is 2.30. The number of ether oxygens (including phenoxy) is 1. The number of carbonyl (C=O) groups is 1. The van der Waals surface area contributed by atoms with E-state index in [4.69, 9.17) is 0 Å². The van der Waals surface area contributed by atoms with Crippen molar-refractivity contribution in [3.8, 4) is 0 Å². The average molecular weight is 433 g/mol. The fraction of sp³-hybridized carbons (Fsp3) is 0.200. The molecule has 1 aromatic carbocycles. The Morgan fingerprint density at radius 3 is 2.55 bits per heavy atom. The number of nitrogens with one attached hydrogen (secondary N) is 1. The maximum Gasteiger partial charge on any atom is 0.433 e. The molecule has 0 atom stereocenters. The summed E-state index contributed by atoms with van der Waals surface area (Å²) in [5.41, 5.74) is -2.59. The molecule has 0 radical (unpaired) electrons. The van der Waals surface area contributed by atoms with E-state index in [-0.39, 0.29) is 10.2 Å². The lowest BCUT2D eigenvalue weighted by Crippen LogP contribution is -2.19. The summed E-state index contributed by atoms with van der Waals surface area (Å²) in [7, 11) is -3.78. The number of benzene rings is 1. The summed E-state index contributed by atoms with van der Waals surface area (Å²) < 4.78 is 85.3. The first-order valence-corrected chi connectivity index (χ1v) is 9.13. The summed E-state index contributed by atoms with van der Waals surface area (Å²) in [5.74, 6) is -2.79. The van der Waals surface area contributed by atoms with Gasteiger partial charge in [-0.2, -0.15) is 31.1 Å². The highest BCUT2D eigenvalue weighted by atomic mass is 32.2. The monoisotopic (exact) mass is 433 g/mol. The number of aryl methyl sites for hydroxylation is 1. The van der Waals surface area contributed by atoms with Crippen LogP contribution in [0.1, 0.15) is 21.7 Å². The van der Waals surface area contributed by atoms with Crippen LogP contribution in [0.15, 0.2) is 29.4 Å². The van der Waals surface area contributed by atoms with Crippen LogP contribution < -0.4 is 4.72 Å². The Kier molecular flexibility index (Phi) is 4.90. The van der Waals surface area contributed by atoms with Crippen molar-refractivity contribution in [2.24, 2.45) is 0 Å². The molecular formula is C15H11F4N5O4S. The number of rotatable bonds is 4. The average Bonchev–Trinajstić information content (AvgIpc) is 3.05. The SMILES string of the molecule is COC(=O)c1cccc(F)c1NS(=O)(=O)c1nc2nc(C)cc(C(F)(F)F)n2n1. The largest absolute Gasteiger partial charge is 0.465 e. The van der Waals surface area contributed by atoms with Crippen molar-refractivity contribution in [2.75, 3.05) is 11.8 Å². The second-order valence-electron chi connectivity index (χ2n) is 5.65. The summed E-state index contributed by atoms with van der Waals surface area (Å²) in [5, 5.41) is 2.25. The normalized spacial score (nSPS) is 12.2. The smallest absolute Gasteiger partial charge is 0.433 e. The highest BCUT2D eigenvalue weighted by Gasteiger charge is 2.36. The number of nitrogens with zero attached hydrogens (tertiary/aromatic N) is 4. The van der Waals surface area contributed by atoms with Crippen molar-refractivity contribution >= 4 is 27.5 Å². The van der Waals surface area contributed by atoms with E-state index < -0.39 is 55.9 Å². The molecule has 0 aliphatic rings. The number of methoxy groups -OCH3 is 1. The maximum absolute atomic E-state index is 14.1. The number of esters is 1. The molecule has 9 nitrogen and oxygen atoms in total. The third-order valence-electron chi connectivity index (χ3n) is 3.61. The van der Waals surface area contributed by atoms with Gasteiger partial charge in [0.05, 0.1) is 18.4 Å². The molecular weight excluding hydrogens is 422 g/mol. The zero-order chi connectivity index (χ0) is 21.6. The molecule has 0 aliphatic carbocycles. The van der Waals surface area contributed by atoms with E-state index in [0.29, 0.717) is 6.07 Å². The van der Waals surface area contributed by atoms with Gasteiger partial charge in [0.1, 0.15) is 5.82 Å².